The lowest BCUT2D eigenvalue weighted by Gasteiger charge is -2.43. The van der Waals surface area contributed by atoms with E-state index in [4.69, 9.17) is 9.47 Å². The number of morpholine rings is 1. The predicted octanol–water partition coefficient (Wildman–Crippen LogP) is 10.2. The molecular formula is C71H89F2N8O13PS2. The number of rotatable bonds is 26. The van der Waals surface area contributed by atoms with Gasteiger partial charge in [-0.05, 0) is 101 Å². The topological polar surface area (TPSA) is 286 Å². The number of hydrogen-bond donors (Lipinski definition) is 7. The van der Waals surface area contributed by atoms with Gasteiger partial charge < -0.3 is 60.3 Å². The second-order valence-corrected chi connectivity index (χ2v) is 31.2. The lowest BCUT2D eigenvalue weighted by Crippen LogP contribution is -2.61. The van der Waals surface area contributed by atoms with Crippen molar-refractivity contribution in [2.45, 2.75) is 174 Å². The number of ether oxygens (including phenoxy) is 2. The number of thiazole rings is 1. The number of alkyl halides is 2. The molecule has 522 valence electrons. The second kappa shape index (κ2) is 31.6. The third kappa shape index (κ3) is 18.4. The summed E-state index contributed by atoms with van der Waals surface area (Å²) in [6, 6.07) is 22.7. The zero-order chi connectivity index (χ0) is 70.1. The number of aliphatic hydroxyl groups is 1. The maximum Gasteiger partial charge on any atom is 0.399 e. The van der Waals surface area contributed by atoms with Gasteiger partial charge in [0.05, 0.1) is 46.3 Å². The van der Waals surface area contributed by atoms with Crippen LogP contribution in [0.1, 0.15) is 162 Å². The Kier molecular flexibility index (Phi) is 24.0. The Bertz CT molecular complexity index is 3850. The van der Waals surface area contributed by atoms with Crippen LogP contribution in [-0.2, 0) is 56.7 Å². The van der Waals surface area contributed by atoms with Gasteiger partial charge in [-0.15, -0.1) is 22.7 Å². The Hall–Kier alpha value is -7.51. The molecule has 6 aromatic rings. The van der Waals surface area contributed by atoms with E-state index in [2.05, 4.69) is 26.3 Å². The largest absolute Gasteiger partial charge is 0.484 e. The summed E-state index contributed by atoms with van der Waals surface area (Å²) in [5.74, 6) is -2.58. The molecule has 4 aromatic carbocycles. The molecule has 21 nitrogen and oxygen atoms in total. The van der Waals surface area contributed by atoms with Crippen LogP contribution in [0.3, 0.4) is 0 Å². The van der Waals surface area contributed by atoms with E-state index < -0.39 is 83.7 Å². The molecule has 2 saturated heterocycles. The Morgan fingerprint density at radius 1 is 0.763 bits per heavy atom. The molecule has 4 unspecified atom stereocenters. The molecular weight excluding hydrogens is 1310 g/mol. The Morgan fingerprint density at radius 3 is 2.10 bits per heavy atom. The highest BCUT2D eigenvalue weighted by Gasteiger charge is 2.51. The summed E-state index contributed by atoms with van der Waals surface area (Å²) < 4.78 is 53.5. The summed E-state index contributed by atoms with van der Waals surface area (Å²) in [4.78, 5) is 127. The number of thiophene rings is 1. The zero-order valence-electron chi connectivity index (χ0n) is 56.1. The highest BCUT2D eigenvalue weighted by molar-refractivity contribution is 7.52. The molecule has 3 aliphatic heterocycles. The van der Waals surface area contributed by atoms with Crippen LogP contribution < -0.4 is 26.0 Å². The quantitative estimate of drug-likeness (QED) is 0.0196. The van der Waals surface area contributed by atoms with Crippen molar-refractivity contribution < 1.29 is 71.3 Å². The van der Waals surface area contributed by atoms with Crippen LogP contribution in [0.25, 0.3) is 20.5 Å². The fourth-order valence-corrected chi connectivity index (χ4v) is 14.8. The van der Waals surface area contributed by atoms with Crippen molar-refractivity contribution in [3.63, 3.8) is 0 Å². The van der Waals surface area contributed by atoms with Gasteiger partial charge in [-0.25, -0.2) is 4.98 Å². The van der Waals surface area contributed by atoms with Gasteiger partial charge in [0.15, 0.2) is 6.61 Å². The third-order valence-corrected chi connectivity index (χ3v) is 21.2. The van der Waals surface area contributed by atoms with Gasteiger partial charge in [-0.3, -0.25) is 38.1 Å². The molecule has 0 aliphatic carbocycles. The minimum atomic E-state index is -5.87. The van der Waals surface area contributed by atoms with E-state index in [1.165, 1.54) is 21.9 Å². The van der Waals surface area contributed by atoms with Gasteiger partial charge in [0.25, 0.3) is 11.8 Å². The number of aliphatic hydroxyl groups excluding tert-OH is 1. The van der Waals surface area contributed by atoms with Crippen molar-refractivity contribution in [1.29, 1.82) is 0 Å². The number of aromatic nitrogens is 1. The number of unbranched alkanes of at least 4 members (excludes halogenated alkanes) is 6. The Morgan fingerprint density at radius 2 is 1.43 bits per heavy atom. The van der Waals surface area contributed by atoms with Crippen molar-refractivity contribution in [3.05, 3.63) is 141 Å². The molecule has 7 amide bonds. The molecule has 5 heterocycles. The summed E-state index contributed by atoms with van der Waals surface area (Å²) in [7, 11) is -5.87. The van der Waals surface area contributed by atoms with Crippen molar-refractivity contribution in [3.8, 4) is 16.2 Å². The number of fused-ring (bicyclic) bond motifs is 2. The number of hydrogen-bond acceptors (Lipinski definition) is 14. The number of β-amino-alcohol motifs (C(OH)–C–C–N with tert-alkyl or cyclic N) is 1. The maximum absolute atomic E-state index is 15.2. The van der Waals surface area contributed by atoms with Crippen LogP contribution in [0, 0.1) is 17.8 Å². The summed E-state index contributed by atoms with van der Waals surface area (Å²) in [6.07, 6.45) is 4.90. The van der Waals surface area contributed by atoms with E-state index in [0.29, 0.717) is 29.0 Å². The zero-order valence-corrected chi connectivity index (χ0v) is 58.6. The first kappa shape index (κ1) is 73.7. The first-order valence-corrected chi connectivity index (χ1v) is 36.3. The van der Waals surface area contributed by atoms with E-state index in [1.807, 2.05) is 95.3 Å². The smallest absolute Gasteiger partial charge is 0.399 e. The lowest BCUT2D eigenvalue weighted by molar-refractivity contribution is -0.153. The highest BCUT2D eigenvalue weighted by atomic mass is 32.1. The summed E-state index contributed by atoms with van der Waals surface area (Å²) in [6.45, 7) is 15.5. The van der Waals surface area contributed by atoms with Crippen LogP contribution >= 0.6 is 30.3 Å². The normalized spacial score (nSPS) is 18.6. The predicted molar refractivity (Wildman–Crippen MR) is 366 cm³/mol. The summed E-state index contributed by atoms with van der Waals surface area (Å²) >= 11 is 2.51. The van der Waals surface area contributed by atoms with Crippen LogP contribution in [-0.4, -0.2) is 146 Å². The number of likely N-dealkylation sites (tertiary alicyclic amines) is 1. The van der Waals surface area contributed by atoms with Gasteiger partial charge in [0.1, 0.15) is 36.0 Å². The van der Waals surface area contributed by atoms with E-state index in [0.717, 1.165) is 94.8 Å². The molecule has 7 N–H and O–H groups in total. The number of aryl methyl sites for hydroxylation is 1. The number of benzene rings is 4. The molecule has 97 heavy (non-hydrogen) atoms. The van der Waals surface area contributed by atoms with Crippen molar-refractivity contribution in [2.24, 2.45) is 10.8 Å². The van der Waals surface area contributed by atoms with Gasteiger partial charge >= 0.3 is 13.3 Å². The molecule has 0 bridgehead atoms. The number of carbonyl (C=O) groups is 7. The lowest BCUT2D eigenvalue weighted by atomic mass is 9.84. The average Bonchev–Trinajstić information content (AvgIpc) is 1.00. The SMILES string of the molecule is Cc1ncsc1-c1ccc([C@H](C)NC(=O)[C@@H]2C[C@@H](O)CN2C(=O)C(NC(=O)CCCCCCCCCNC(=O)COc2ccc3c(c2)CN(C(=O)C(NC(=O)c2cc4cc(C(F)(F)P(=O)(O)O)ccc4s2)C(C)(C)C)C(C(=O)N2CCOC(c4ccccc4)C2)C3)C(C)(C)C)cc1. The fraction of sp³-hybridized carbons (Fsp3) is 0.493. The van der Waals surface area contributed by atoms with E-state index in [9.17, 15) is 57.0 Å². The van der Waals surface area contributed by atoms with Crippen molar-refractivity contribution in [2.75, 3.05) is 39.4 Å². The maximum atomic E-state index is 15.2. The first-order chi connectivity index (χ1) is 45.9. The van der Waals surface area contributed by atoms with Crippen LogP contribution in [0.15, 0.2) is 103 Å². The van der Waals surface area contributed by atoms with Gasteiger partial charge in [0.2, 0.25) is 29.5 Å². The number of amides is 7. The molecule has 7 atom stereocenters. The molecule has 2 fully saturated rings. The molecule has 9 rings (SSSR count). The van der Waals surface area contributed by atoms with Gasteiger partial charge in [-0.1, -0.05) is 140 Å². The van der Waals surface area contributed by atoms with E-state index in [1.54, 1.807) is 54.7 Å². The van der Waals surface area contributed by atoms with Crippen molar-refractivity contribution in [1.82, 2.24) is 41.0 Å². The van der Waals surface area contributed by atoms with Crippen LogP contribution in [0.2, 0.25) is 0 Å². The standard InChI is InChI=1S/C71H89F2N8O13PS2/c1-43(45-22-24-47(25-23-45)61-44(2)75-42-96-61)76-64(85)54-37-52(82)39-81(54)67(88)62(69(3,4)5)77-59(83)21-17-12-10-9-11-13-18-30-74-60(84)41-94-53-28-26-48-35-55(66(87)79-31-32-93-56(40-79)46-19-15-14-16-20-46)80(38-50(48)34-53)68(89)63(70(6,7)8)78-65(86)58-36-49-33-51(27-29-57(49)97-58)71(72,73)95(90,91)92/h14-16,19-20,22-29,33-34,36,42-43,52,54-56,62-63,82H,9-13,17-18,21,30-32,35,37-41H2,1-8H3,(H,74,84)(H,76,85)(H,77,83)(H,78,86)(H2,90,91,92)/t43-,52+,54-,55?,56?,62?,63?/m0/s1. The molecule has 2 aromatic heterocycles. The molecule has 0 spiro atoms. The number of nitrogens with zero attached hydrogens (tertiary/aromatic N) is 4. The first-order valence-electron chi connectivity index (χ1n) is 33.0. The Balaban J connectivity index is 0.729. The molecule has 26 heteroatoms. The van der Waals surface area contributed by atoms with Crippen molar-refractivity contribution >= 4 is 81.7 Å². The minimum absolute atomic E-state index is 0.0209. The van der Waals surface area contributed by atoms with E-state index >= 15 is 4.79 Å². The summed E-state index contributed by atoms with van der Waals surface area (Å²) in [5.41, 5.74) is 0.0101. The average molecular weight is 1400 g/mol. The highest BCUT2D eigenvalue weighted by Crippen LogP contribution is 2.59. The van der Waals surface area contributed by atoms with Crippen LogP contribution in [0.5, 0.6) is 5.75 Å². The fourth-order valence-electron chi connectivity index (χ4n) is 12.5. The monoisotopic (exact) mass is 1390 g/mol. The van der Waals surface area contributed by atoms with E-state index in [-0.39, 0.29) is 98.6 Å². The molecule has 0 radical (unpaired) electrons. The number of halogens is 2. The second-order valence-electron chi connectivity index (χ2n) is 27.6. The van der Waals surface area contributed by atoms with Crippen LogP contribution in [0.4, 0.5) is 8.78 Å². The minimum Gasteiger partial charge on any atom is -0.484 e. The third-order valence-electron chi connectivity index (χ3n) is 18.1. The molecule has 3 aliphatic rings. The van der Waals surface area contributed by atoms with Gasteiger partial charge in [-0.2, -0.15) is 8.78 Å². The number of nitrogens with one attached hydrogen (secondary N) is 4. The Labute approximate surface area is 572 Å². The van der Waals surface area contributed by atoms with Gasteiger partial charge in [0, 0.05) is 55.7 Å². The summed E-state index contributed by atoms with van der Waals surface area (Å²) in [5, 5.41) is 22.6. The number of carbonyl (C=O) groups excluding carboxylic acids is 7. The molecule has 0 saturated carbocycles.